The number of hydrazone groups is 1. The summed E-state index contributed by atoms with van der Waals surface area (Å²) in [5, 5.41) is 6.44. The van der Waals surface area contributed by atoms with Crippen molar-refractivity contribution in [2.24, 2.45) is 28.8 Å². The van der Waals surface area contributed by atoms with Crippen LogP contribution in [-0.4, -0.2) is 23.0 Å². The van der Waals surface area contributed by atoms with Gasteiger partial charge in [-0.15, -0.1) is 0 Å². The fourth-order valence-corrected chi connectivity index (χ4v) is 5.21. The SMILES string of the molecule is O=C1[C@@H]2[C@@H](C(=O)N1/N=C\c1ccc(OCc3ccc(Cl)cc3Cl)cc1)[C@H]1C=C[C@H]2CC1. The lowest BCUT2D eigenvalue weighted by molar-refractivity contribution is -0.140. The zero-order chi connectivity index (χ0) is 21.5. The summed E-state index contributed by atoms with van der Waals surface area (Å²) in [5.74, 6) is 0.155. The number of hydrogen-bond donors (Lipinski definition) is 0. The Hall–Kier alpha value is -2.63. The zero-order valence-corrected chi connectivity index (χ0v) is 18.1. The fourth-order valence-electron chi connectivity index (χ4n) is 4.75. The Morgan fingerprint density at radius 2 is 1.61 bits per heavy atom. The van der Waals surface area contributed by atoms with Crippen molar-refractivity contribution in [3.8, 4) is 5.75 Å². The number of amides is 2. The summed E-state index contributed by atoms with van der Waals surface area (Å²) < 4.78 is 5.78. The minimum atomic E-state index is -0.246. The van der Waals surface area contributed by atoms with Crippen LogP contribution in [0.5, 0.6) is 5.75 Å². The molecule has 2 amide bonds. The quantitative estimate of drug-likeness (QED) is 0.358. The molecule has 0 unspecified atom stereocenters. The molecule has 5 nitrogen and oxygen atoms in total. The normalized spacial score (nSPS) is 26.7. The third kappa shape index (κ3) is 3.77. The van der Waals surface area contributed by atoms with Crippen molar-refractivity contribution < 1.29 is 14.3 Å². The van der Waals surface area contributed by atoms with Gasteiger partial charge in [0.15, 0.2) is 0 Å². The summed E-state index contributed by atoms with van der Waals surface area (Å²) >= 11 is 12.1. The van der Waals surface area contributed by atoms with Crippen LogP contribution in [-0.2, 0) is 16.2 Å². The van der Waals surface area contributed by atoms with Crippen LogP contribution in [0.1, 0.15) is 24.0 Å². The molecular weight excluding hydrogens is 435 g/mol. The second-order valence-corrected chi connectivity index (χ2v) is 9.01. The van der Waals surface area contributed by atoms with Crippen molar-refractivity contribution in [1.82, 2.24) is 5.01 Å². The number of benzene rings is 2. The number of hydrogen-bond acceptors (Lipinski definition) is 4. The van der Waals surface area contributed by atoms with Crippen LogP contribution in [0.3, 0.4) is 0 Å². The van der Waals surface area contributed by atoms with Crippen LogP contribution in [0.25, 0.3) is 0 Å². The number of nitrogens with zero attached hydrogens (tertiary/aromatic N) is 2. The highest BCUT2D eigenvalue weighted by Crippen LogP contribution is 2.49. The molecule has 2 aromatic rings. The van der Waals surface area contributed by atoms with Gasteiger partial charge >= 0.3 is 0 Å². The molecule has 4 atom stereocenters. The Labute approximate surface area is 190 Å². The third-order valence-electron chi connectivity index (χ3n) is 6.35. The number of carbonyl (C=O) groups is 2. The largest absolute Gasteiger partial charge is 0.489 e. The number of rotatable bonds is 5. The molecule has 1 aliphatic heterocycles. The van der Waals surface area contributed by atoms with Gasteiger partial charge in [-0.25, -0.2) is 0 Å². The molecule has 158 valence electrons. The minimum absolute atomic E-state index is 0.164. The highest BCUT2D eigenvalue weighted by atomic mass is 35.5. The molecule has 1 saturated heterocycles. The molecule has 0 N–H and O–H groups in total. The lowest BCUT2D eigenvalue weighted by Crippen LogP contribution is -2.38. The third-order valence-corrected chi connectivity index (χ3v) is 6.93. The van der Waals surface area contributed by atoms with Crippen LogP contribution in [0, 0.1) is 23.7 Å². The summed E-state index contributed by atoms with van der Waals surface area (Å²) in [4.78, 5) is 25.6. The Kier molecular flexibility index (Phi) is 5.32. The summed E-state index contributed by atoms with van der Waals surface area (Å²) in [6, 6.07) is 12.5. The van der Waals surface area contributed by atoms with E-state index < -0.39 is 0 Å². The van der Waals surface area contributed by atoms with Crippen molar-refractivity contribution in [2.75, 3.05) is 0 Å². The topological polar surface area (TPSA) is 59.0 Å². The molecule has 3 aliphatic carbocycles. The molecule has 2 aromatic carbocycles. The molecule has 2 fully saturated rings. The number of halogens is 2. The molecule has 2 bridgehead atoms. The van der Waals surface area contributed by atoms with E-state index in [-0.39, 0.29) is 35.5 Å². The van der Waals surface area contributed by atoms with Gasteiger partial charge in [0.1, 0.15) is 12.4 Å². The second kappa shape index (κ2) is 8.13. The maximum absolute atomic E-state index is 12.8. The van der Waals surface area contributed by atoms with Gasteiger partial charge in [0, 0.05) is 15.6 Å². The van der Waals surface area contributed by atoms with Crippen LogP contribution in [0.15, 0.2) is 59.7 Å². The number of imide groups is 1. The van der Waals surface area contributed by atoms with Gasteiger partial charge in [-0.1, -0.05) is 41.4 Å². The van der Waals surface area contributed by atoms with E-state index in [0.717, 1.165) is 29.0 Å². The standard InChI is InChI=1S/C24H20Cl2N2O3/c25-18-8-7-17(20(26)11-18)13-31-19-9-1-14(2-10-19)12-27-28-23(29)21-15-3-4-16(6-5-15)22(21)24(28)30/h1-4,7-12,15-16,21-22H,5-6,13H2/b27-12-/t15-,16-,21-,22-/m0/s1. The van der Waals surface area contributed by atoms with Crippen molar-refractivity contribution in [3.05, 3.63) is 75.8 Å². The van der Waals surface area contributed by atoms with E-state index in [1.165, 1.54) is 0 Å². The molecule has 6 rings (SSSR count). The summed E-state index contributed by atoms with van der Waals surface area (Å²) in [5.41, 5.74) is 1.61. The van der Waals surface area contributed by atoms with E-state index in [1.807, 2.05) is 30.3 Å². The first-order valence-corrected chi connectivity index (χ1v) is 11.0. The molecule has 0 radical (unpaired) electrons. The Morgan fingerprint density at radius 3 is 2.19 bits per heavy atom. The molecule has 0 spiro atoms. The van der Waals surface area contributed by atoms with Crippen LogP contribution < -0.4 is 4.74 Å². The lowest BCUT2D eigenvalue weighted by Gasteiger charge is -2.37. The predicted octanol–water partition coefficient (Wildman–Crippen LogP) is 5.10. The molecule has 4 aliphatic rings. The summed E-state index contributed by atoms with van der Waals surface area (Å²) in [7, 11) is 0. The first-order chi connectivity index (χ1) is 15.0. The molecule has 1 saturated carbocycles. The molecule has 0 aromatic heterocycles. The second-order valence-electron chi connectivity index (χ2n) is 8.17. The van der Waals surface area contributed by atoms with Gasteiger partial charge in [0.25, 0.3) is 11.8 Å². The van der Waals surface area contributed by atoms with Gasteiger partial charge < -0.3 is 4.74 Å². The average molecular weight is 455 g/mol. The van der Waals surface area contributed by atoms with E-state index in [4.69, 9.17) is 27.9 Å². The van der Waals surface area contributed by atoms with E-state index in [9.17, 15) is 9.59 Å². The van der Waals surface area contributed by atoms with E-state index in [0.29, 0.717) is 22.4 Å². The number of fused-ring (bicyclic) bond motifs is 1. The highest BCUT2D eigenvalue weighted by molar-refractivity contribution is 6.35. The van der Waals surface area contributed by atoms with Gasteiger partial charge in [-0.3, -0.25) is 9.59 Å². The van der Waals surface area contributed by atoms with Crippen LogP contribution in [0.2, 0.25) is 10.0 Å². The number of ether oxygens (including phenoxy) is 1. The lowest BCUT2D eigenvalue weighted by atomic mass is 9.63. The van der Waals surface area contributed by atoms with Crippen molar-refractivity contribution >= 4 is 41.2 Å². The highest BCUT2D eigenvalue weighted by Gasteiger charge is 2.56. The van der Waals surface area contributed by atoms with Crippen molar-refractivity contribution in [3.63, 3.8) is 0 Å². The fraction of sp³-hybridized carbons (Fsp3) is 0.292. The van der Waals surface area contributed by atoms with Gasteiger partial charge in [0.05, 0.1) is 18.1 Å². The molecule has 1 heterocycles. The maximum Gasteiger partial charge on any atom is 0.254 e. The molecule has 7 heteroatoms. The van der Waals surface area contributed by atoms with Gasteiger partial charge in [0.2, 0.25) is 0 Å². The monoisotopic (exact) mass is 454 g/mol. The Bertz CT molecular complexity index is 1060. The minimum Gasteiger partial charge on any atom is -0.489 e. The van der Waals surface area contributed by atoms with Gasteiger partial charge in [-0.2, -0.15) is 10.1 Å². The maximum atomic E-state index is 12.8. The first kappa shape index (κ1) is 20.3. The van der Waals surface area contributed by atoms with Gasteiger partial charge in [-0.05, 0) is 66.6 Å². The number of allylic oxidation sites excluding steroid dienone is 2. The van der Waals surface area contributed by atoms with E-state index >= 15 is 0 Å². The summed E-state index contributed by atoms with van der Waals surface area (Å²) in [6.07, 6.45) is 7.69. The Morgan fingerprint density at radius 1 is 0.968 bits per heavy atom. The zero-order valence-electron chi connectivity index (χ0n) is 16.6. The van der Waals surface area contributed by atoms with E-state index in [2.05, 4.69) is 17.3 Å². The Balaban J connectivity index is 1.24. The van der Waals surface area contributed by atoms with Crippen molar-refractivity contribution in [1.29, 1.82) is 0 Å². The average Bonchev–Trinajstić information content (AvgIpc) is 3.05. The van der Waals surface area contributed by atoms with Crippen LogP contribution in [0.4, 0.5) is 0 Å². The summed E-state index contributed by atoms with van der Waals surface area (Å²) in [6.45, 7) is 0.319. The van der Waals surface area contributed by atoms with Crippen LogP contribution >= 0.6 is 23.2 Å². The smallest absolute Gasteiger partial charge is 0.254 e. The first-order valence-electron chi connectivity index (χ1n) is 10.3. The predicted molar refractivity (Wildman–Crippen MR) is 119 cm³/mol. The molecular formula is C24H20Cl2N2O3. The van der Waals surface area contributed by atoms with Crippen molar-refractivity contribution in [2.45, 2.75) is 19.4 Å². The number of carbonyl (C=O) groups excluding carboxylic acids is 2. The molecule has 31 heavy (non-hydrogen) atoms. The van der Waals surface area contributed by atoms with E-state index in [1.54, 1.807) is 18.3 Å².